The van der Waals surface area contributed by atoms with E-state index in [1.165, 1.54) is 53.4 Å². The molecule has 3 aromatic rings. The van der Waals surface area contributed by atoms with Gasteiger partial charge in [0.25, 0.3) is 11.7 Å². The number of phenols is 1. The first kappa shape index (κ1) is 19.4. The van der Waals surface area contributed by atoms with Crippen molar-refractivity contribution in [3.05, 3.63) is 101 Å². The maximum absolute atomic E-state index is 13.5. The van der Waals surface area contributed by atoms with Crippen molar-refractivity contribution in [2.45, 2.75) is 13.0 Å². The van der Waals surface area contributed by atoms with Gasteiger partial charge in [0.05, 0.1) is 11.6 Å². The summed E-state index contributed by atoms with van der Waals surface area (Å²) in [5.74, 6) is -2.41. The van der Waals surface area contributed by atoms with E-state index in [2.05, 4.69) is 0 Å². The Hall–Kier alpha value is -3.93. The maximum Gasteiger partial charge on any atom is 0.300 e. The lowest BCUT2D eigenvalue weighted by Crippen LogP contribution is -2.29. The number of anilines is 1. The number of phenolic OH excluding ortho intramolecular Hbond substituents is 1. The fourth-order valence-corrected chi connectivity index (χ4v) is 3.54. The highest BCUT2D eigenvalue weighted by Gasteiger charge is 2.46. The average Bonchev–Trinajstić information content (AvgIpc) is 3.00. The van der Waals surface area contributed by atoms with E-state index in [0.717, 1.165) is 5.56 Å². The summed E-state index contributed by atoms with van der Waals surface area (Å²) in [4.78, 5) is 27.1. The molecule has 3 aromatic carbocycles. The Bertz CT molecular complexity index is 1150. The molecular formula is C24H18FNO4. The topological polar surface area (TPSA) is 77.8 Å². The van der Waals surface area contributed by atoms with E-state index in [4.69, 9.17) is 0 Å². The third-order valence-electron chi connectivity index (χ3n) is 5.08. The van der Waals surface area contributed by atoms with Gasteiger partial charge in [-0.1, -0.05) is 42.0 Å². The highest BCUT2D eigenvalue weighted by atomic mass is 19.1. The second-order valence-corrected chi connectivity index (χ2v) is 7.10. The minimum Gasteiger partial charge on any atom is -0.508 e. The molecule has 1 saturated heterocycles. The molecule has 0 unspecified atom stereocenters. The summed E-state index contributed by atoms with van der Waals surface area (Å²) in [6, 6.07) is 17.2. The lowest BCUT2D eigenvalue weighted by molar-refractivity contribution is -0.132. The number of ketones is 1. The number of carbonyl (C=O) groups is 2. The molecule has 2 N–H and O–H groups in total. The Labute approximate surface area is 172 Å². The van der Waals surface area contributed by atoms with Crippen LogP contribution in [0.2, 0.25) is 0 Å². The Morgan fingerprint density at radius 3 is 2.10 bits per heavy atom. The van der Waals surface area contributed by atoms with Crippen LogP contribution in [0.4, 0.5) is 10.1 Å². The van der Waals surface area contributed by atoms with Gasteiger partial charge in [0.15, 0.2) is 0 Å². The van der Waals surface area contributed by atoms with Gasteiger partial charge in [-0.3, -0.25) is 14.5 Å². The second kappa shape index (κ2) is 7.48. The molecule has 1 atom stereocenters. The van der Waals surface area contributed by atoms with Crippen LogP contribution in [-0.2, 0) is 9.59 Å². The molecular weight excluding hydrogens is 385 g/mol. The van der Waals surface area contributed by atoms with Crippen LogP contribution in [0.5, 0.6) is 5.75 Å². The molecule has 0 aromatic heterocycles. The van der Waals surface area contributed by atoms with Crippen molar-refractivity contribution in [1.29, 1.82) is 0 Å². The first-order chi connectivity index (χ1) is 14.4. The number of aryl methyl sites for hydroxylation is 1. The molecule has 0 bridgehead atoms. The molecule has 1 amide bonds. The molecule has 0 saturated carbocycles. The Kier molecular flexibility index (Phi) is 4.83. The van der Waals surface area contributed by atoms with Crippen molar-refractivity contribution >= 4 is 23.1 Å². The van der Waals surface area contributed by atoms with E-state index >= 15 is 0 Å². The molecule has 1 aliphatic rings. The van der Waals surface area contributed by atoms with Crippen molar-refractivity contribution in [2.24, 2.45) is 0 Å². The molecule has 4 rings (SSSR count). The number of aromatic hydroxyl groups is 1. The van der Waals surface area contributed by atoms with Gasteiger partial charge in [0, 0.05) is 11.3 Å². The largest absolute Gasteiger partial charge is 0.508 e. The average molecular weight is 403 g/mol. The minimum atomic E-state index is -0.948. The quantitative estimate of drug-likeness (QED) is 0.384. The number of rotatable bonds is 3. The normalized spacial score (nSPS) is 18.1. The van der Waals surface area contributed by atoms with Gasteiger partial charge in [-0.25, -0.2) is 4.39 Å². The third kappa shape index (κ3) is 3.33. The Morgan fingerprint density at radius 2 is 1.50 bits per heavy atom. The van der Waals surface area contributed by atoms with E-state index in [9.17, 15) is 24.2 Å². The van der Waals surface area contributed by atoms with Gasteiger partial charge in [0.2, 0.25) is 0 Å². The lowest BCUT2D eigenvalue weighted by Gasteiger charge is -2.25. The summed E-state index contributed by atoms with van der Waals surface area (Å²) in [7, 11) is 0. The molecule has 30 heavy (non-hydrogen) atoms. The van der Waals surface area contributed by atoms with Crippen molar-refractivity contribution in [1.82, 2.24) is 0 Å². The van der Waals surface area contributed by atoms with Crippen molar-refractivity contribution < 1.29 is 24.2 Å². The highest BCUT2D eigenvalue weighted by molar-refractivity contribution is 6.51. The van der Waals surface area contributed by atoms with E-state index in [0.29, 0.717) is 16.8 Å². The predicted octanol–water partition coefficient (Wildman–Crippen LogP) is 4.47. The zero-order chi connectivity index (χ0) is 21.4. The number of nitrogens with zero attached hydrogens (tertiary/aromatic N) is 1. The van der Waals surface area contributed by atoms with E-state index in [1.54, 1.807) is 24.3 Å². The molecule has 1 fully saturated rings. The highest BCUT2D eigenvalue weighted by Crippen LogP contribution is 2.42. The standard InChI is InChI=1S/C24H18FNO4/c1-14-2-4-16(5-3-14)22(28)20-21(15-6-8-17(25)9-7-15)26(24(30)23(20)29)18-10-12-19(27)13-11-18/h2-13,21,27-28H,1H3/t21-/m1/s1. The molecule has 0 radical (unpaired) electrons. The second-order valence-electron chi connectivity index (χ2n) is 7.10. The van der Waals surface area contributed by atoms with Gasteiger partial charge < -0.3 is 10.2 Å². The number of Topliss-reactive ketones (excluding diaryl/α,β-unsaturated/α-hetero) is 1. The first-order valence-corrected chi connectivity index (χ1v) is 9.29. The third-order valence-corrected chi connectivity index (χ3v) is 5.08. The van der Waals surface area contributed by atoms with Crippen LogP contribution in [0.25, 0.3) is 5.76 Å². The lowest BCUT2D eigenvalue weighted by atomic mass is 9.95. The van der Waals surface area contributed by atoms with Crippen molar-refractivity contribution in [2.75, 3.05) is 4.90 Å². The zero-order valence-corrected chi connectivity index (χ0v) is 16.0. The minimum absolute atomic E-state index is 0.00771. The summed E-state index contributed by atoms with van der Waals surface area (Å²) in [5.41, 5.74) is 2.13. The van der Waals surface area contributed by atoms with Crippen LogP contribution in [-0.4, -0.2) is 21.9 Å². The molecule has 0 spiro atoms. The van der Waals surface area contributed by atoms with E-state index in [-0.39, 0.29) is 17.1 Å². The zero-order valence-electron chi connectivity index (χ0n) is 16.0. The summed E-state index contributed by atoms with van der Waals surface area (Å²) in [6.45, 7) is 1.89. The monoisotopic (exact) mass is 403 g/mol. The van der Waals surface area contributed by atoms with E-state index in [1.807, 2.05) is 6.92 Å². The first-order valence-electron chi connectivity index (χ1n) is 9.29. The van der Waals surface area contributed by atoms with Gasteiger partial charge >= 0.3 is 0 Å². The summed E-state index contributed by atoms with van der Waals surface area (Å²) < 4.78 is 13.5. The van der Waals surface area contributed by atoms with Crippen LogP contribution in [0.3, 0.4) is 0 Å². The molecule has 150 valence electrons. The number of amides is 1. The van der Waals surface area contributed by atoms with Crippen molar-refractivity contribution in [3.63, 3.8) is 0 Å². The van der Waals surface area contributed by atoms with Crippen LogP contribution in [0.15, 0.2) is 78.4 Å². The van der Waals surface area contributed by atoms with Gasteiger partial charge in [0.1, 0.15) is 17.3 Å². The number of hydrogen-bond donors (Lipinski definition) is 2. The number of benzene rings is 3. The molecule has 5 nitrogen and oxygen atoms in total. The molecule has 0 aliphatic carbocycles. The molecule has 6 heteroatoms. The number of hydrogen-bond acceptors (Lipinski definition) is 4. The maximum atomic E-state index is 13.5. The fraction of sp³-hybridized carbons (Fsp3) is 0.0833. The summed E-state index contributed by atoms with van der Waals surface area (Å²) in [5, 5.41) is 20.5. The van der Waals surface area contributed by atoms with Crippen LogP contribution in [0.1, 0.15) is 22.7 Å². The summed E-state index contributed by atoms with van der Waals surface area (Å²) >= 11 is 0. The van der Waals surface area contributed by atoms with Gasteiger partial charge in [-0.15, -0.1) is 0 Å². The number of aliphatic hydroxyl groups excluding tert-OH is 1. The Balaban J connectivity index is 1.93. The number of carbonyl (C=O) groups excluding carboxylic acids is 2. The van der Waals surface area contributed by atoms with Gasteiger partial charge in [-0.05, 0) is 48.9 Å². The van der Waals surface area contributed by atoms with Crippen LogP contribution in [0, 0.1) is 12.7 Å². The Morgan fingerprint density at radius 1 is 0.900 bits per heavy atom. The van der Waals surface area contributed by atoms with Crippen molar-refractivity contribution in [3.8, 4) is 5.75 Å². The van der Waals surface area contributed by atoms with Crippen LogP contribution < -0.4 is 4.90 Å². The van der Waals surface area contributed by atoms with Crippen LogP contribution >= 0.6 is 0 Å². The summed E-state index contributed by atoms with van der Waals surface area (Å²) in [6.07, 6.45) is 0. The smallest absolute Gasteiger partial charge is 0.300 e. The number of halogens is 1. The molecule has 1 heterocycles. The molecule has 1 aliphatic heterocycles. The van der Waals surface area contributed by atoms with E-state index < -0.39 is 23.5 Å². The fourth-order valence-electron chi connectivity index (χ4n) is 3.54. The number of aliphatic hydroxyl groups is 1. The SMILES string of the molecule is Cc1ccc(C(O)=C2C(=O)C(=O)N(c3ccc(O)cc3)[C@@H]2c2ccc(F)cc2)cc1. The van der Waals surface area contributed by atoms with Gasteiger partial charge in [-0.2, -0.15) is 0 Å². The predicted molar refractivity (Wildman–Crippen MR) is 110 cm³/mol.